The minimum Gasteiger partial charge on any atom is -0.463 e. The van der Waals surface area contributed by atoms with Crippen LogP contribution in [0.25, 0.3) is 0 Å². The maximum Gasteiger partial charge on any atom is 0.302 e. The highest BCUT2D eigenvalue weighted by Gasteiger charge is 1.98. The maximum atomic E-state index is 10.5. The monoisotopic (exact) mass is 275 g/mol. The molecule has 0 aromatic carbocycles. The summed E-state index contributed by atoms with van der Waals surface area (Å²) in [5.41, 5.74) is 0. The fraction of sp³-hybridized carbons (Fsp3) is 0.556. The van der Waals surface area contributed by atoms with Crippen molar-refractivity contribution >= 4 is 29.9 Å². The van der Waals surface area contributed by atoms with E-state index in [0.29, 0.717) is 16.5 Å². The number of nitrogens with zero attached hydrogens (tertiary/aromatic N) is 3. The summed E-state index contributed by atoms with van der Waals surface area (Å²) in [5.74, 6) is -0.321. The molecule has 0 N–H and O–H groups in total. The van der Waals surface area contributed by atoms with Gasteiger partial charge in [0.2, 0.25) is 4.77 Å². The largest absolute Gasteiger partial charge is 0.463 e. The van der Waals surface area contributed by atoms with Crippen LogP contribution in [-0.2, 0) is 21.0 Å². The van der Waals surface area contributed by atoms with E-state index in [1.54, 1.807) is 10.9 Å². The molecule has 1 heterocycles. The number of ether oxygens (including phenoxy) is 2. The minimum atomic E-state index is -0.321. The number of esters is 1. The third-order valence-electron chi connectivity index (χ3n) is 1.69. The fourth-order valence-corrected chi connectivity index (χ4v) is 1.51. The first kappa shape index (κ1) is 14.1. The summed E-state index contributed by atoms with van der Waals surface area (Å²) in [6, 6.07) is 0. The second-order valence-corrected chi connectivity index (χ2v) is 4.11. The molecule has 0 saturated heterocycles. The molecular formula is C9H13N3O3S2. The summed E-state index contributed by atoms with van der Waals surface area (Å²) in [5, 5.41) is 0.631. The van der Waals surface area contributed by atoms with E-state index in [4.69, 9.17) is 21.7 Å². The highest BCUT2D eigenvalue weighted by Crippen LogP contribution is 2.05. The van der Waals surface area contributed by atoms with Crippen LogP contribution in [0.4, 0.5) is 0 Å². The van der Waals surface area contributed by atoms with Gasteiger partial charge in [-0.15, -0.1) is 0 Å². The normalized spacial score (nSPS) is 10.2. The average molecular weight is 275 g/mol. The van der Waals surface area contributed by atoms with Crippen LogP contribution in [0.5, 0.6) is 0 Å². The highest BCUT2D eigenvalue weighted by atomic mass is 32.2. The molecule has 0 aliphatic heterocycles. The van der Waals surface area contributed by atoms with E-state index in [2.05, 4.69) is 9.97 Å². The lowest BCUT2D eigenvalue weighted by molar-refractivity contribution is -0.142. The predicted octanol–water partition coefficient (Wildman–Crippen LogP) is 1.27. The number of carbonyl (C=O) groups is 1. The van der Waals surface area contributed by atoms with E-state index in [0.717, 1.165) is 0 Å². The quantitative estimate of drug-likeness (QED) is 0.335. The molecule has 94 valence electrons. The van der Waals surface area contributed by atoms with Crippen LogP contribution in [-0.4, -0.2) is 40.0 Å². The van der Waals surface area contributed by atoms with Gasteiger partial charge in [-0.3, -0.25) is 9.36 Å². The first-order chi connectivity index (χ1) is 8.13. The second-order valence-electron chi connectivity index (χ2n) is 2.97. The van der Waals surface area contributed by atoms with Gasteiger partial charge in [0.15, 0.2) is 5.16 Å². The van der Waals surface area contributed by atoms with Gasteiger partial charge in [-0.05, 0) is 18.5 Å². The van der Waals surface area contributed by atoms with Crippen LogP contribution in [0.3, 0.4) is 0 Å². The zero-order valence-corrected chi connectivity index (χ0v) is 11.2. The first-order valence-corrected chi connectivity index (χ1v) is 6.45. The van der Waals surface area contributed by atoms with Gasteiger partial charge in [0.1, 0.15) is 19.7 Å². The van der Waals surface area contributed by atoms with Crippen LogP contribution >= 0.6 is 24.0 Å². The Morgan fingerprint density at radius 1 is 1.59 bits per heavy atom. The molecule has 0 unspecified atom stereocenters. The Morgan fingerprint density at radius 3 is 2.94 bits per heavy atom. The highest BCUT2D eigenvalue weighted by molar-refractivity contribution is 7.98. The summed E-state index contributed by atoms with van der Waals surface area (Å²) in [6.45, 7) is 2.14. The predicted molar refractivity (Wildman–Crippen MR) is 65.2 cm³/mol. The summed E-state index contributed by atoms with van der Waals surface area (Å²) in [7, 11) is 0. The standard InChI is InChI=1S/C9H13N3O3S2/c1-7(13)15-4-3-14-6-12-5-10-8(17-2)11-9(12)16/h5H,3-4,6H2,1-2H3. The Bertz CT molecular complexity index is 436. The molecule has 0 aliphatic carbocycles. The third-order valence-corrected chi connectivity index (χ3v) is 2.58. The number of rotatable bonds is 6. The third kappa shape index (κ3) is 5.24. The zero-order chi connectivity index (χ0) is 12.7. The van der Waals surface area contributed by atoms with E-state index in [1.807, 2.05) is 6.26 Å². The Kier molecular flexibility index (Phi) is 6.09. The smallest absolute Gasteiger partial charge is 0.302 e. The zero-order valence-electron chi connectivity index (χ0n) is 9.58. The van der Waals surface area contributed by atoms with Gasteiger partial charge in [-0.2, -0.15) is 4.98 Å². The molecule has 1 rings (SSSR count). The Hall–Kier alpha value is -0.990. The Balaban J connectivity index is 2.37. The van der Waals surface area contributed by atoms with Crippen molar-refractivity contribution in [3.8, 4) is 0 Å². The van der Waals surface area contributed by atoms with Crippen LogP contribution in [0, 0.1) is 4.77 Å². The lowest BCUT2D eigenvalue weighted by atomic mass is 10.7. The number of aromatic nitrogens is 3. The van der Waals surface area contributed by atoms with Gasteiger partial charge in [0.05, 0.1) is 6.61 Å². The van der Waals surface area contributed by atoms with E-state index < -0.39 is 0 Å². The number of hydrogen-bond donors (Lipinski definition) is 0. The number of hydrogen-bond acceptors (Lipinski definition) is 7. The van der Waals surface area contributed by atoms with Crippen LogP contribution < -0.4 is 0 Å². The first-order valence-electron chi connectivity index (χ1n) is 4.82. The number of thioether (sulfide) groups is 1. The van der Waals surface area contributed by atoms with Crippen molar-refractivity contribution in [2.75, 3.05) is 19.5 Å². The van der Waals surface area contributed by atoms with E-state index in [-0.39, 0.29) is 19.3 Å². The fourth-order valence-electron chi connectivity index (χ4n) is 0.938. The van der Waals surface area contributed by atoms with E-state index in [9.17, 15) is 4.79 Å². The minimum absolute atomic E-state index is 0.229. The summed E-state index contributed by atoms with van der Waals surface area (Å²) >= 11 is 6.48. The van der Waals surface area contributed by atoms with Crippen LogP contribution in [0.2, 0.25) is 0 Å². The van der Waals surface area contributed by atoms with Gasteiger partial charge in [-0.25, -0.2) is 4.98 Å². The number of carbonyl (C=O) groups excluding carboxylic acids is 1. The molecule has 0 aliphatic rings. The van der Waals surface area contributed by atoms with Crippen molar-refractivity contribution in [2.24, 2.45) is 0 Å². The molecule has 0 atom stereocenters. The van der Waals surface area contributed by atoms with Crippen molar-refractivity contribution in [3.63, 3.8) is 0 Å². The molecule has 0 fully saturated rings. The summed E-state index contributed by atoms with van der Waals surface area (Å²) in [4.78, 5) is 18.6. The molecule has 6 nitrogen and oxygen atoms in total. The van der Waals surface area contributed by atoms with Crippen molar-refractivity contribution in [3.05, 3.63) is 11.1 Å². The molecule has 17 heavy (non-hydrogen) atoms. The van der Waals surface area contributed by atoms with Gasteiger partial charge in [0, 0.05) is 6.92 Å². The molecule has 0 amide bonds. The molecule has 0 bridgehead atoms. The SMILES string of the molecule is CSc1ncn(COCCOC(C)=O)c(=S)n1. The van der Waals surface area contributed by atoms with Crippen LogP contribution in [0.1, 0.15) is 6.92 Å². The lowest BCUT2D eigenvalue weighted by Crippen LogP contribution is -2.12. The molecule has 0 radical (unpaired) electrons. The lowest BCUT2D eigenvalue weighted by Gasteiger charge is -2.07. The maximum absolute atomic E-state index is 10.5. The van der Waals surface area contributed by atoms with Crippen LogP contribution in [0.15, 0.2) is 11.5 Å². The molecular weight excluding hydrogens is 262 g/mol. The van der Waals surface area contributed by atoms with E-state index in [1.165, 1.54) is 18.7 Å². The van der Waals surface area contributed by atoms with Gasteiger partial charge in [0.25, 0.3) is 0 Å². The van der Waals surface area contributed by atoms with Crippen molar-refractivity contribution < 1.29 is 14.3 Å². The molecule has 1 aromatic rings. The molecule has 0 spiro atoms. The summed E-state index contributed by atoms with van der Waals surface area (Å²) in [6.07, 6.45) is 3.46. The Labute approximate surface area is 108 Å². The van der Waals surface area contributed by atoms with Gasteiger partial charge >= 0.3 is 5.97 Å². The molecule has 0 saturated carbocycles. The second kappa shape index (κ2) is 7.36. The molecule has 8 heteroatoms. The summed E-state index contributed by atoms with van der Waals surface area (Å²) < 4.78 is 12.0. The van der Waals surface area contributed by atoms with Crippen molar-refractivity contribution in [2.45, 2.75) is 18.8 Å². The molecule has 1 aromatic heterocycles. The Morgan fingerprint density at radius 2 is 2.35 bits per heavy atom. The van der Waals surface area contributed by atoms with E-state index >= 15 is 0 Å². The van der Waals surface area contributed by atoms with Gasteiger partial charge < -0.3 is 9.47 Å². The van der Waals surface area contributed by atoms with Crippen molar-refractivity contribution in [1.29, 1.82) is 0 Å². The van der Waals surface area contributed by atoms with Gasteiger partial charge in [-0.1, -0.05) is 11.8 Å². The van der Waals surface area contributed by atoms with Crippen molar-refractivity contribution in [1.82, 2.24) is 14.5 Å². The average Bonchev–Trinajstić information content (AvgIpc) is 2.30. The topological polar surface area (TPSA) is 66.2 Å².